The van der Waals surface area contributed by atoms with Crippen molar-refractivity contribution >= 4 is 22.1 Å². The summed E-state index contributed by atoms with van der Waals surface area (Å²) in [6, 6.07) is 0. The highest BCUT2D eigenvalue weighted by molar-refractivity contribution is 7.85. The lowest BCUT2D eigenvalue weighted by atomic mass is 10.00. The Morgan fingerprint density at radius 1 is 0.600 bits per heavy atom. The molecule has 0 spiro atoms. The van der Waals surface area contributed by atoms with Gasteiger partial charge in [-0.15, -0.1) is 0 Å². The van der Waals surface area contributed by atoms with Gasteiger partial charge >= 0.3 is 11.9 Å². The third kappa shape index (κ3) is 31.7. The highest BCUT2D eigenvalue weighted by Gasteiger charge is 2.46. The van der Waals surface area contributed by atoms with Gasteiger partial charge < -0.3 is 34.3 Å². The van der Waals surface area contributed by atoms with E-state index < -0.39 is 71.2 Å². The SMILES string of the molecule is CCCCCCCC/C=C/CCCCCCCCCC(=O)O[C@H](COC(=O)/C=C/C=C/CCCCCCCCCCCCC)CO[C@H]1O[C@H](CS(=O)(=O)O)[C@@H](O)C(O)C1O. The smallest absolute Gasteiger partial charge is 0.330 e. The summed E-state index contributed by atoms with van der Waals surface area (Å²) in [4.78, 5) is 25.3. The molecule has 2 unspecified atom stereocenters. The molecule has 0 aliphatic carbocycles. The van der Waals surface area contributed by atoms with Crippen LogP contribution < -0.4 is 0 Å². The average molecular weight is 873 g/mol. The number of rotatable bonds is 39. The van der Waals surface area contributed by atoms with Gasteiger partial charge in [0.05, 0.1) is 6.61 Å². The second-order valence-corrected chi connectivity index (χ2v) is 18.0. The molecule has 0 aromatic carbocycles. The summed E-state index contributed by atoms with van der Waals surface area (Å²) in [5, 5.41) is 30.9. The molecule has 1 fully saturated rings. The molecule has 4 N–H and O–H groups in total. The molecule has 1 aliphatic rings. The van der Waals surface area contributed by atoms with Crippen molar-refractivity contribution in [3.63, 3.8) is 0 Å². The van der Waals surface area contributed by atoms with Crippen LogP contribution in [0.25, 0.3) is 0 Å². The zero-order valence-corrected chi connectivity index (χ0v) is 38.1. The second-order valence-electron chi connectivity index (χ2n) is 16.5. The van der Waals surface area contributed by atoms with Crippen LogP contribution in [0.3, 0.4) is 0 Å². The Morgan fingerprint density at radius 2 is 1.07 bits per heavy atom. The molecule has 13 heteroatoms. The minimum absolute atomic E-state index is 0.140. The lowest BCUT2D eigenvalue weighted by molar-refractivity contribution is -0.297. The minimum Gasteiger partial charge on any atom is -0.458 e. The monoisotopic (exact) mass is 873 g/mol. The van der Waals surface area contributed by atoms with E-state index in [9.17, 15) is 37.9 Å². The van der Waals surface area contributed by atoms with Crippen molar-refractivity contribution < 1.29 is 56.8 Å². The number of unbranched alkanes of at least 4 members (excludes halogenated alkanes) is 24. The molecular weight excluding hydrogens is 789 g/mol. The Kier molecular flexibility index (Phi) is 34.9. The number of carbonyl (C=O) groups is 2. The number of esters is 2. The van der Waals surface area contributed by atoms with E-state index in [2.05, 4.69) is 26.0 Å². The van der Waals surface area contributed by atoms with Gasteiger partial charge in [0.15, 0.2) is 12.4 Å². The molecule has 0 bridgehead atoms. The molecule has 1 aliphatic heterocycles. The fourth-order valence-electron chi connectivity index (χ4n) is 7.11. The van der Waals surface area contributed by atoms with E-state index in [-0.39, 0.29) is 13.0 Å². The van der Waals surface area contributed by atoms with Gasteiger partial charge in [0.25, 0.3) is 10.1 Å². The molecule has 350 valence electrons. The highest BCUT2D eigenvalue weighted by Crippen LogP contribution is 2.24. The van der Waals surface area contributed by atoms with Gasteiger partial charge in [0.1, 0.15) is 36.8 Å². The van der Waals surface area contributed by atoms with Crippen molar-refractivity contribution in [1.82, 2.24) is 0 Å². The molecule has 0 amide bonds. The highest BCUT2D eigenvalue weighted by atomic mass is 32.2. The molecule has 1 rings (SSSR count). The molecule has 0 radical (unpaired) electrons. The van der Waals surface area contributed by atoms with E-state index in [0.717, 1.165) is 44.9 Å². The summed E-state index contributed by atoms with van der Waals surface area (Å²) < 4.78 is 53.9. The van der Waals surface area contributed by atoms with Crippen LogP contribution in [-0.2, 0) is 38.7 Å². The van der Waals surface area contributed by atoms with Crippen molar-refractivity contribution in [2.24, 2.45) is 0 Å². The molecule has 1 saturated heterocycles. The fourth-order valence-corrected chi connectivity index (χ4v) is 7.81. The summed E-state index contributed by atoms with van der Waals surface area (Å²) in [6.45, 7) is 3.65. The van der Waals surface area contributed by atoms with Crippen molar-refractivity contribution in [2.75, 3.05) is 19.0 Å². The van der Waals surface area contributed by atoms with E-state index in [1.165, 1.54) is 128 Å². The first-order valence-corrected chi connectivity index (χ1v) is 25.2. The zero-order valence-electron chi connectivity index (χ0n) is 37.3. The first kappa shape index (κ1) is 55.9. The first-order chi connectivity index (χ1) is 29.0. The van der Waals surface area contributed by atoms with Gasteiger partial charge in [0, 0.05) is 12.5 Å². The number of hydrogen-bond donors (Lipinski definition) is 4. The van der Waals surface area contributed by atoms with Crippen molar-refractivity contribution in [1.29, 1.82) is 0 Å². The molecule has 60 heavy (non-hydrogen) atoms. The van der Waals surface area contributed by atoms with Gasteiger partial charge in [-0.25, -0.2) is 4.79 Å². The molecular formula is C47H84O12S. The quantitative estimate of drug-likeness (QED) is 0.0115. The number of aliphatic hydroxyl groups is 3. The van der Waals surface area contributed by atoms with E-state index in [1.807, 2.05) is 6.08 Å². The second kappa shape index (κ2) is 37.4. The van der Waals surface area contributed by atoms with Crippen LogP contribution in [0.15, 0.2) is 36.5 Å². The van der Waals surface area contributed by atoms with Gasteiger partial charge in [-0.2, -0.15) is 8.42 Å². The number of carbonyl (C=O) groups excluding carboxylic acids is 2. The van der Waals surface area contributed by atoms with Gasteiger partial charge in [-0.1, -0.05) is 173 Å². The maximum absolute atomic E-state index is 12.8. The van der Waals surface area contributed by atoms with Crippen molar-refractivity contribution in [2.45, 2.75) is 230 Å². The average Bonchev–Trinajstić information content (AvgIpc) is 3.21. The molecule has 1 heterocycles. The van der Waals surface area contributed by atoms with Gasteiger partial charge in [-0.3, -0.25) is 9.35 Å². The van der Waals surface area contributed by atoms with Crippen LogP contribution in [-0.4, -0.2) is 96.0 Å². The van der Waals surface area contributed by atoms with E-state index >= 15 is 0 Å². The maximum atomic E-state index is 12.8. The predicted octanol–water partition coefficient (Wildman–Crippen LogP) is 9.78. The number of allylic oxidation sites excluding steroid dienone is 5. The summed E-state index contributed by atoms with van der Waals surface area (Å²) in [5.74, 6) is -2.25. The topological polar surface area (TPSA) is 186 Å². The van der Waals surface area contributed by atoms with Crippen LogP contribution in [0.1, 0.15) is 194 Å². The Morgan fingerprint density at radius 3 is 1.57 bits per heavy atom. The summed E-state index contributed by atoms with van der Waals surface area (Å²) in [6.07, 6.45) is 33.9. The first-order valence-electron chi connectivity index (χ1n) is 23.6. The fraction of sp³-hybridized carbons (Fsp3) is 0.830. The van der Waals surface area contributed by atoms with Crippen LogP contribution >= 0.6 is 0 Å². The summed E-state index contributed by atoms with van der Waals surface area (Å²) in [7, 11) is -4.61. The standard InChI is InChI=1S/C47H84O12S/c1-3-5-7-9-11-13-15-17-19-20-22-24-26-28-30-32-34-36-43(49)58-40(38-57-47-46(52)45(51)44(50)41(59-47)39-60(53,54)55)37-56-42(48)35-33-31-29-27-25-23-21-18-16-14-12-10-8-6-4-2/h17,19,29,31,33,35,40-41,44-47,50-52H,3-16,18,20-28,30,32,34,36-39H2,1-2H3,(H,53,54,55)/b19-17+,31-29+,35-33+/t40-,41-,44-,45?,46?,47+/m1/s1. The number of hydrogen-bond acceptors (Lipinski definition) is 11. The molecule has 0 aromatic heterocycles. The van der Waals surface area contributed by atoms with Crippen LogP contribution in [0, 0.1) is 0 Å². The van der Waals surface area contributed by atoms with Crippen LogP contribution in [0.5, 0.6) is 0 Å². The Hall–Kier alpha value is -2.13. The van der Waals surface area contributed by atoms with Gasteiger partial charge in [-0.05, 0) is 44.9 Å². The molecule has 6 atom stereocenters. The maximum Gasteiger partial charge on any atom is 0.330 e. The summed E-state index contributed by atoms with van der Waals surface area (Å²) >= 11 is 0. The van der Waals surface area contributed by atoms with Crippen molar-refractivity contribution in [3.05, 3.63) is 36.5 Å². The minimum atomic E-state index is -4.61. The largest absolute Gasteiger partial charge is 0.458 e. The Labute approximate surface area is 363 Å². The van der Waals surface area contributed by atoms with Crippen LogP contribution in [0.2, 0.25) is 0 Å². The Bertz CT molecular complexity index is 1250. The third-order valence-electron chi connectivity index (χ3n) is 10.8. The molecule has 0 saturated carbocycles. The van der Waals surface area contributed by atoms with Gasteiger partial charge in [0.2, 0.25) is 0 Å². The molecule has 12 nitrogen and oxygen atoms in total. The third-order valence-corrected chi connectivity index (χ3v) is 11.5. The lowest BCUT2D eigenvalue weighted by Gasteiger charge is -2.40. The summed E-state index contributed by atoms with van der Waals surface area (Å²) in [5.41, 5.74) is 0. The number of ether oxygens (including phenoxy) is 4. The lowest BCUT2D eigenvalue weighted by Crippen LogP contribution is -2.60. The van der Waals surface area contributed by atoms with E-state index in [4.69, 9.17) is 18.9 Å². The van der Waals surface area contributed by atoms with E-state index in [0.29, 0.717) is 6.42 Å². The van der Waals surface area contributed by atoms with Crippen molar-refractivity contribution in [3.8, 4) is 0 Å². The normalized spacial score (nSPS) is 20.4. The van der Waals surface area contributed by atoms with E-state index in [1.54, 1.807) is 12.2 Å². The molecule has 0 aromatic rings. The number of aliphatic hydroxyl groups excluding tert-OH is 3. The predicted molar refractivity (Wildman–Crippen MR) is 238 cm³/mol. The van der Waals surface area contributed by atoms with Crippen LogP contribution in [0.4, 0.5) is 0 Å². The zero-order chi connectivity index (χ0) is 44.1. The Balaban J connectivity index is 2.48.